The van der Waals surface area contributed by atoms with Crippen LogP contribution in [-0.4, -0.2) is 48.9 Å². The Balaban J connectivity index is 0.000000357. The number of aliphatic hydroxyl groups excluding tert-OH is 1. The first kappa shape index (κ1) is 26.0. The van der Waals surface area contributed by atoms with E-state index < -0.39 is 15.8 Å². The van der Waals surface area contributed by atoms with Gasteiger partial charge in [-0.25, -0.2) is 18.2 Å². The highest BCUT2D eigenvalue weighted by atomic mass is 35.5. The molecule has 0 amide bonds. The van der Waals surface area contributed by atoms with Gasteiger partial charge in [-0.3, -0.25) is 0 Å². The number of nitrogen functional groups attached to an aromatic ring is 1. The molecule has 0 aliphatic heterocycles. The number of carbonyl (C=O) groups excluding carboxylic acids is 1. The highest BCUT2D eigenvalue weighted by molar-refractivity contribution is 7.90. The molecule has 0 atom stereocenters. The van der Waals surface area contributed by atoms with Gasteiger partial charge >= 0.3 is 5.97 Å². The fourth-order valence-electron chi connectivity index (χ4n) is 2.60. The van der Waals surface area contributed by atoms with Gasteiger partial charge in [0.1, 0.15) is 11.4 Å². The van der Waals surface area contributed by atoms with Gasteiger partial charge in [-0.2, -0.15) is 4.98 Å². The summed E-state index contributed by atoms with van der Waals surface area (Å²) in [4.78, 5) is 19.6. The maximum atomic E-state index is 11.6. The third kappa shape index (κ3) is 8.01. The lowest BCUT2D eigenvalue weighted by Crippen LogP contribution is -2.11. The van der Waals surface area contributed by atoms with Crippen LogP contribution in [0.3, 0.4) is 0 Å². The number of nitrogens with one attached hydrogen (secondary N) is 1. The van der Waals surface area contributed by atoms with E-state index >= 15 is 0 Å². The van der Waals surface area contributed by atoms with Crippen molar-refractivity contribution in [1.82, 2.24) is 9.97 Å². The third-order valence-electron chi connectivity index (χ3n) is 4.14. The molecule has 4 N–H and O–H groups in total. The summed E-state index contributed by atoms with van der Waals surface area (Å²) in [6.07, 6.45) is 3.08. The molecule has 0 bridgehead atoms. The molecule has 11 heteroatoms. The van der Waals surface area contributed by atoms with Crippen molar-refractivity contribution in [2.45, 2.75) is 18.2 Å². The highest BCUT2D eigenvalue weighted by Gasteiger charge is 2.15. The predicted octanol–water partition coefficient (Wildman–Crippen LogP) is 3.26. The lowest BCUT2D eigenvalue weighted by atomic mass is 10.2. The molecule has 3 rings (SSSR count). The van der Waals surface area contributed by atoms with Gasteiger partial charge in [0, 0.05) is 24.7 Å². The first-order valence-corrected chi connectivity index (χ1v) is 12.1. The summed E-state index contributed by atoms with van der Waals surface area (Å²) in [7, 11) is -3.41. The van der Waals surface area contributed by atoms with Crippen molar-refractivity contribution in [3.8, 4) is 0 Å². The molecule has 0 unspecified atom stereocenters. The van der Waals surface area contributed by atoms with Gasteiger partial charge in [0.15, 0.2) is 9.84 Å². The minimum atomic E-state index is -3.41. The standard InChI is InChI=1S/C14H15ClN4O4S.C8H10O/c1-3-23-13(20)9-7-17-14(19-12(9)16)18-8-4-5-11(10(15)6-8)24(2,21)22;9-7-6-8-4-2-1-3-5-8/h4-7H,3H2,1-2H3,(H3,16,17,18,19);1-5,9H,6-7H2. The van der Waals surface area contributed by atoms with Crippen LogP contribution in [0.25, 0.3) is 0 Å². The number of esters is 1. The van der Waals surface area contributed by atoms with E-state index in [1.54, 1.807) is 6.92 Å². The van der Waals surface area contributed by atoms with E-state index in [2.05, 4.69) is 15.3 Å². The van der Waals surface area contributed by atoms with E-state index in [4.69, 9.17) is 27.2 Å². The fourth-order valence-corrected chi connectivity index (χ4v) is 3.93. The molecular formula is C22H25ClN4O5S. The van der Waals surface area contributed by atoms with Crippen LogP contribution in [0.4, 0.5) is 17.5 Å². The number of hydrogen-bond donors (Lipinski definition) is 3. The molecule has 0 fully saturated rings. The molecule has 0 saturated carbocycles. The number of anilines is 3. The maximum absolute atomic E-state index is 11.6. The zero-order valence-electron chi connectivity index (χ0n) is 18.2. The predicted molar refractivity (Wildman–Crippen MR) is 127 cm³/mol. The average Bonchev–Trinajstić information content (AvgIpc) is 2.74. The van der Waals surface area contributed by atoms with Crippen LogP contribution in [0, 0.1) is 0 Å². The van der Waals surface area contributed by atoms with Gasteiger partial charge in [-0.05, 0) is 37.1 Å². The van der Waals surface area contributed by atoms with Crippen molar-refractivity contribution in [3.05, 3.63) is 70.9 Å². The molecular weight excluding hydrogens is 468 g/mol. The second-order valence-electron chi connectivity index (χ2n) is 6.71. The lowest BCUT2D eigenvalue weighted by molar-refractivity contribution is 0.0526. The largest absolute Gasteiger partial charge is 0.462 e. The summed E-state index contributed by atoms with van der Waals surface area (Å²) in [5.74, 6) is -0.518. The second-order valence-corrected chi connectivity index (χ2v) is 9.11. The van der Waals surface area contributed by atoms with Gasteiger partial charge in [-0.15, -0.1) is 0 Å². The van der Waals surface area contributed by atoms with Crippen molar-refractivity contribution in [3.63, 3.8) is 0 Å². The Labute approximate surface area is 197 Å². The van der Waals surface area contributed by atoms with Crippen LogP contribution in [0.15, 0.2) is 59.6 Å². The van der Waals surface area contributed by atoms with Crippen molar-refractivity contribution in [2.75, 3.05) is 30.5 Å². The number of nitrogens with two attached hydrogens (primary N) is 1. The first-order valence-electron chi connectivity index (χ1n) is 9.86. The quantitative estimate of drug-likeness (QED) is 0.423. The number of nitrogens with zero attached hydrogens (tertiary/aromatic N) is 2. The molecule has 0 aliphatic carbocycles. The molecule has 9 nitrogen and oxygen atoms in total. The molecule has 0 saturated heterocycles. The SMILES string of the molecule is CCOC(=O)c1cnc(Nc2ccc(S(C)(=O)=O)c(Cl)c2)nc1N.OCCc1ccccc1. The van der Waals surface area contributed by atoms with Gasteiger partial charge < -0.3 is 20.9 Å². The number of aromatic nitrogens is 2. The lowest BCUT2D eigenvalue weighted by Gasteiger charge is -2.09. The number of rotatable bonds is 7. The minimum Gasteiger partial charge on any atom is -0.462 e. The maximum Gasteiger partial charge on any atom is 0.343 e. The van der Waals surface area contributed by atoms with Crippen molar-refractivity contribution >= 4 is 44.9 Å². The van der Waals surface area contributed by atoms with Crippen LogP contribution in [-0.2, 0) is 21.0 Å². The van der Waals surface area contributed by atoms with E-state index in [9.17, 15) is 13.2 Å². The van der Waals surface area contributed by atoms with Crippen LogP contribution < -0.4 is 11.1 Å². The molecule has 1 heterocycles. The minimum absolute atomic E-state index is 0.0211. The molecule has 33 heavy (non-hydrogen) atoms. The third-order valence-corrected chi connectivity index (χ3v) is 5.72. The number of ether oxygens (including phenoxy) is 1. The van der Waals surface area contributed by atoms with Crippen LogP contribution in [0.1, 0.15) is 22.8 Å². The number of aliphatic hydroxyl groups is 1. The van der Waals surface area contributed by atoms with E-state index in [-0.39, 0.29) is 40.5 Å². The molecule has 0 spiro atoms. The van der Waals surface area contributed by atoms with E-state index in [1.165, 1.54) is 30.0 Å². The Hall–Kier alpha value is -3.21. The van der Waals surface area contributed by atoms with Crippen LogP contribution >= 0.6 is 11.6 Å². The monoisotopic (exact) mass is 492 g/mol. The number of hydrogen-bond acceptors (Lipinski definition) is 9. The summed E-state index contributed by atoms with van der Waals surface area (Å²) in [5, 5.41) is 11.4. The zero-order valence-corrected chi connectivity index (χ0v) is 19.7. The van der Waals surface area contributed by atoms with Crippen LogP contribution in [0.2, 0.25) is 5.02 Å². The number of sulfone groups is 1. The van der Waals surface area contributed by atoms with Crippen molar-refractivity contribution < 1.29 is 23.1 Å². The molecule has 176 valence electrons. The molecule has 1 aromatic heterocycles. The summed E-state index contributed by atoms with van der Waals surface area (Å²) >= 11 is 5.97. The summed E-state index contributed by atoms with van der Waals surface area (Å²) in [6.45, 7) is 2.13. The van der Waals surface area contributed by atoms with Crippen molar-refractivity contribution in [2.24, 2.45) is 0 Å². The van der Waals surface area contributed by atoms with E-state index in [0.29, 0.717) is 5.69 Å². The first-order chi connectivity index (χ1) is 15.7. The van der Waals surface area contributed by atoms with E-state index in [1.807, 2.05) is 30.3 Å². The smallest absolute Gasteiger partial charge is 0.343 e. The van der Waals surface area contributed by atoms with E-state index in [0.717, 1.165) is 12.7 Å². The normalized spacial score (nSPS) is 10.7. The van der Waals surface area contributed by atoms with Crippen molar-refractivity contribution in [1.29, 1.82) is 0 Å². The van der Waals surface area contributed by atoms with Crippen LogP contribution in [0.5, 0.6) is 0 Å². The number of halogens is 1. The van der Waals surface area contributed by atoms with Gasteiger partial charge in [0.2, 0.25) is 5.95 Å². The summed E-state index contributed by atoms with van der Waals surface area (Å²) in [6, 6.07) is 14.3. The molecule has 3 aromatic rings. The van der Waals surface area contributed by atoms with Gasteiger partial charge in [-0.1, -0.05) is 41.9 Å². The second kappa shape index (κ2) is 12.1. The summed E-state index contributed by atoms with van der Waals surface area (Å²) in [5.41, 5.74) is 7.45. The van der Waals surface area contributed by atoms with Gasteiger partial charge in [0.05, 0.1) is 16.5 Å². The molecule has 0 aliphatic rings. The van der Waals surface area contributed by atoms with Gasteiger partial charge in [0.25, 0.3) is 0 Å². The average molecular weight is 493 g/mol. The Bertz CT molecular complexity index is 1190. The Kier molecular flexibility index (Phi) is 9.58. The molecule has 2 aromatic carbocycles. The highest BCUT2D eigenvalue weighted by Crippen LogP contribution is 2.26. The molecule has 0 radical (unpaired) electrons. The number of benzene rings is 2. The zero-order chi connectivity index (χ0) is 24.4. The Morgan fingerprint density at radius 2 is 1.91 bits per heavy atom. The topological polar surface area (TPSA) is 144 Å². The summed E-state index contributed by atoms with van der Waals surface area (Å²) < 4.78 is 27.9. The number of carbonyl (C=O) groups is 1. The Morgan fingerprint density at radius 1 is 1.21 bits per heavy atom. The fraction of sp³-hybridized carbons (Fsp3) is 0.227. The Morgan fingerprint density at radius 3 is 2.45 bits per heavy atom.